The topological polar surface area (TPSA) is 228 Å². The van der Waals surface area contributed by atoms with E-state index in [1.54, 1.807) is 23.5 Å². The minimum atomic E-state index is -0.805. The number of rotatable bonds is 18. The highest BCUT2D eigenvalue weighted by Crippen LogP contribution is 2.41. The average molecular weight is 1140 g/mol. The van der Waals surface area contributed by atoms with Gasteiger partial charge in [-0.3, -0.25) is 14.5 Å². The number of benzene rings is 2. The van der Waals surface area contributed by atoms with Crippen molar-refractivity contribution in [2.45, 2.75) is 127 Å². The first-order chi connectivity index (χ1) is 39.8. The molecule has 6 atom stereocenters. The maximum absolute atomic E-state index is 14.4. The zero-order valence-corrected chi connectivity index (χ0v) is 48.2. The Hall–Kier alpha value is -6.91. The number of piperidine rings is 1. The first-order valence-corrected chi connectivity index (χ1v) is 30.3. The van der Waals surface area contributed by atoms with Crippen molar-refractivity contribution in [3.05, 3.63) is 102 Å². The van der Waals surface area contributed by atoms with Crippen LogP contribution in [0.25, 0.3) is 21.7 Å². The summed E-state index contributed by atoms with van der Waals surface area (Å²) in [4.78, 5) is 52.0. The van der Waals surface area contributed by atoms with E-state index in [0.29, 0.717) is 46.6 Å². The molecule has 9 heterocycles. The number of carbonyl (C=O) groups is 2. The first kappa shape index (κ1) is 55.6. The van der Waals surface area contributed by atoms with E-state index in [0.717, 1.165) is 137 Å². The van der Waals surface area contributed by atoms with Gasteiger partial charge in [0.05, 0.1) is 51.8 Å². The number of thiazole rings is 1. The van der Waals surface area contributed by atoms with E-state index in [4.69, 9.17) is 19.7 Å². The van der Waals surface area contributed by atoms with E-state index in [-0.39, 0.29) is 60.8 Å². The fourth-order valence-electron chi connectivity index (χ4n) is 13.2. The minimum Gasteiger partial charge on any atom is -0.507 e. The number of nitrogens with zero attached hydrogens (tertiary/aromatic N) is 11. The molecule has 4 aromatic heterocycles. The lowest BCUT2D eigenvalue weighted by molar-refractivity contribution is -0.141. The number of aliphatic hydroxyl groups is 1. The number of hydrogen-bond donors (Lipinski definition) is 4. The number of amides is 2. The van der Waals surface area contributed by atoms with E-state index in [9.17, 15) is 19.8 Å². The summed E-state index contributed by atoms with van der Waals surface area (Å²) in [6, 6.07) is 22.8. The van der Waals surface area contributed by atoms with Gasteiger partial charge in [0, 0.05) is 133 Å². The highest BCUT2D eigenvalue weighted by Gasteiger charge is 2.45. The number of piperazine rings is 2. The number of pyridine rings is 1. The Morgan fingerprint density at radius 3 is 2.26 bits per heavy atom. The van der Waals surface area contributed by atoms with Gasteiger partial charge < -0.3 is 59.8 Å². The number of phenolic OH excluding ortho intramolecular Hbond substituents is 1. The summed E-state index contributed by atoms with van der Waals surface area (Å²) in [5.41, 5.74) is 14.5. The van der Waals surface area contributed by atoms with Gasteiger partial charge in [-0.25, -0.2) is 9.97 Å². The Balaban J connectivity index is 0.553. The molecule has 2 bridgehead atoms. The maximum Gasteiger partial charge on any atom is 0.243 e. The van der Waals surface area contributed by atoms with Crippen molar-refractivity contribution in [1.82, 2.24) is 45.3 Å². The number of anilines is 4. The largest absolute Gasteiger partial charge is 0.507 e. The molecule has 20 nitrogen and oxygen atoms in total. The van der Waals surface area contributed by atoms with Crippen molar-refractivity contribution in [1.29, 1.82) is 0 Å². The quantitative estimate of drug-likeness (QED) is 0.0686. The Morgan fingerprint density at radius 1 is 0.817 bits per heavy atom. The molecule has 0 radical (unpaired) electrons. The van der Waals surface area contributed by atoms with Gasteiger partial charge in [-0.2, -0.15) is 0 Å². The fourth-order valence-corrected chi connectivity index (χ4v) is 14.0. The lowest BCUT2D eigenvalue weighted by Crippen LogP contribution is -2.54. The third kappa shape index (κ3) is 12.0. The summed E-state index contributed by atoms with van der Waals surface area (Å²) in [5.74, 6) is 1.09. The van der Waals surface area contributed by atoms with Crippen molar-refractivity contribution < 1.29 is 33.8 Å². The minimum absolute atomic E-state index is 0.0816. The summed E-state index contributed by atoms with van der Waals surface area (Å²) >= 11 is 1.60. The molecule has 1 saturated carbocycles. The number of hydrogen-bond acceptors (Lipinski definition) is 19. The first-order valence-electron chi connectivity index (χ1n) is 29.5. The number of likely N-dealkylation sites (tertiary alicyclic amines) is 2. The SMILES string of the molecule is Cc1ncsc1-c1ccc([C@H](C)NC(=O)[C@@H]2C[C@@H](O)CN2C(=O)[C@H](c2cc(N3CCN(CCN4CCC(OC5CC(Oc6cc(N7C8CCC7CN(c7cc(-c9ccccc9O)nnc7N)C8)ccn6)C5)CC4)CC3)no2)C(C)C)cc1. The number of aliphatic hydroxyl groups excluding tert-OH is 1. The van der Waals surface area contributed by atoms with E-state index >= 15 is 0 Å². The normalized spacial score (nSPS) is 24.2. The Bertz CT molecular complexity index is 3160. The van der Waals surface area contributed by atoms with Gasteiger partial charge in [0.25, 0.3) is 0 Å². The van der Waals surface area contributed by atoms with Crippen LogP contribution in [0.3, 0.4) is 0 Å². The molecule has 0 spiro atoms. The Kier molecular flexibility index (Phi) is 16.4. The van der Waals surface area contributed by atoms with E-state index < -0.39 is 18.1 Å². The molecule has 6 aromatic rings. The standard InChI is InChI=1S/C61H77N13O7S/c1-37(2)57(61(78)73-35-45(75)28-52(73)60(77)65-38(3)40-9-11-41(12-10-40)58-39(4)64-36-82-58)54-32-55(68-81-54)71-25-23-70(24-26-71)22-21-69-19-16-46(17-20-69)79-47-29-48(30-47)80-56-27-42(15-18-63-56)74-43-13-14-44(74)34-72(33-43)51-31-50(66-67-59(51)62)49-7-5-6-8-53(49)76/h5-12,15,18,27,31-32,36-38,43-48,52,57,75-76H,13-14,16-17,19-26,28-30,33-35H2,1-4H3,(H2,62,67)(H,65,77)/t38-,43?,44?,45+,47?,48?,52-,57-/m0/s1. The molecule has 21 heteroatoms. The zero-order valence-electron chi connectivity index (χ0n) is 47.4. The van der Waals surface area contributed by atoms with Crippen molar-refractivity contribution in [2.24, 2.45) is 5.92 Å². The van der Waals surface area contributed by atoms with Crippen LogP contribution in [-0.2, 0) is 14.3 Å². The van der Waals surface area contributed by atoms with Crippen molar-refractivity contribution in [3.8, 4) is 33.3 Å². The van der Waals surface area contributed by atoms with Crippen molar-refractivity contribution in [2.75, 3.05) is 92.4 Å². The van der Waals surface area contributed by atoms with Gasteiger partial charge >= 0.3 is 0 Å². The number of β-amino-alcohol motifs (C(OH)–C–C–N with tert-alkyl or cyclic N) is 1. The van der Waals surface area contributed by atoms with Gasteiger partial charge in [-0.05, 0) is 80.8 Å². The molecule has 5 aliphatic heterocycles. The molecule has 82 heavy (non-hydrogen) atoms. The van der Waals surface area contributed by atoms with Crippen molar-refractivity contribution in [3.63, 3.8) is 0 Å². The summed E-state index contributed by atoms with van der Waals surface area (Å²) in [7, 11) is 0. The monoisotopic (exact) mass is 1140 g/mol. The van der Waals surface area contributed by atoms with Crippen LogP contribution < -0.4 is 30.5 Å². The van der Waals surface area contributed by atoms with Crippen LogP contribution in [0.4, 0.5) is 23.0 Å². The third-order valence-electron chi connectivity index (χ3n) is 17.9. The number of nitrogen functional groups attached to an aromatic ring is 1. The van der Waals surface area contributed by atoms with E-state index in [1.165, 1.54) is 4.90 Å². The second-order valence-corrected chi connectivity index (χ2v) is 24.6. The number of fused-ring (bicyclic) bond motifs is 2. The third-order valence-corrected chi connectivity index (χ3v) is 18.9. The number of phenols is 1. The predicted octanol–water partition coefficient (Wildman–Crippen LogP) is 6.90. The molecule has 2 aromatic carbocycles. The second-order valence-electron chi connectivity index (χ2n) is 23.7. The van der Waals surface area contributed by atoms with Gasteiger partial charge in [-0.15, -0.1) is 21.5 Å². The van der Waals surface area contributed by atoms with Crippen LogP contribution >= 0.6 is 11.3 Å². The molecule has 2 amide bonds. The summed E-state index contributed by atoms with van der Waals surface area (Å²) in [6.45, 7) is 17.0. The number of aryl methyl sites for hydroxylation is 1. The number of nitrogens with two attached hydrogens (primary N) is 1. The highest BCUT2D eigenvalue weighted by atomic mass is 32.1. The maximum atomic E-state index is 14.4. The molecule has 2 unspecified atom stereocenters. The molecule has 1 aliphatic carbocycles. The van der Waals surface area contributed by atoms with E-state index in [1.807, 2.05) is 87.9 Å². The molecule has 12 rings (SSSR count). The number of ether oxygens (including phenoxy) is 2. The number of aromatic hydroxyl groups is 1. The molecular formula is C61H77N13O7S. The van der Waals surface area contributed by atoms with E-state index in [2.05, 4.69) is 67.3 Å². The number of nitrogens with one attached hydrogen (secondary N) is 1. The second kappa shape index (κ2) is 24.1. The van der Waals surface area contributed by atoms with Crippen LogP contribution in [0.1, 0.15) is 94.7 Å². The van der Waals surface area contributed by atoms with Crippen LogP contribution in [0, 0.1) is 12.8 Å². The molecular weight excluding hydrogens is 1060 g/mol. The van der Waals surface area contributed by atoms with Crippen LogP contribution in [0.5, 0.6) is 11.6 Å². The summed E-state index contributed by atoms with van der Waals surface area (Å²) in [5, 5.41) is 37.4. The zero-order chi connectivity index (χ0) is 56.6. The van der Waals surface area contributed by atoms with Gasteiger partial charge in [0.1, 0.15) is 23.8 Å². The number of para-hydroxylation sites is 1. The molecule has 6 aliphatic rings. The van der Waals surface area contributed by atoms with Crippen LogP contribution in [0.15, 0.2) is 89.0 Å². The Morgan fingerprint density at radius 2 is 1.55 bits per heavy atom. The highest BCUT2D eigenvalue weighted by molar-refractivity contribution is 7.13. The summed E-state index contributed by atoms with van der Waals surface area (Å²) in [6.07, 6.45) is 7.74. The lowest BCUT2D eigenvalue weighted by Gasteiger charge is -2.43. The van der Waals surface area contributed by atoms with Gasteiger partial charge in [-0.1, -0.05) is 55.4 Å². The van der Waals surface area contributed by atoms with Gasteiger partial charge in [0.15, 0.2) is 17.4 Å². The average Bonchev–Trinajstić information content (AvgIpc) is 3.82. The predicted molar refractivity (Wildman–Crippen MR) is 315 cm³/mol. The molecule has 434 valence electrons. The molecule has 6 fully saturated rings. The summed E-state index contributed by atoms with van der Waals surface area (Å²) < 4.78 is 19.0. The molecule has 5 N–H and O–H groups in total. The molecule has 5 saturated heterocycles. The Labute approximate surface area is 483 Å². The number of carbonyl (C=O) groups excluding carboxylic acids is 2. The fraction of sp³-hybridized carbons (Fsp3) is 0.525. The van der Waals surface area contributed by atoms with Crippen LogP contribution in [0.2, 0.25) is 0 Å². The lowest BCUT2D eigenvalue weighted by atomic mass is 9.91. The smallest absolute Gasteiger partial charge is 0.243 e. The van der Waals surface area contributed by atoms with Gasteiger partial charge in [0.2, 0.25) is 17.7 Å². The van der Waals surface area contributed by atoms with Crippen molar-refractivity contribution >= 4 is 46.2 Å². The van der Waals surface area contributed by atoms with Crippen LogP contribution in [-0.4, -0.2) is 177 Å². The number of aromatic nitrogens is 5.